The van der Waals surface area contributed by atoms with Crippen LogP contribution < -0.4 is 10.6 Å². The fourth-order valence-electron chi connectivity index (χ4n) is 3.18. The van der Waals surface area contributed by atoms with Crippen molar-refractivity contribution in [2.24, 2.45) is 0 Å². The molecule has 0 spiro atoms. The lowest BCUT2D eigenvalue weighted by molar-refractivity contribution is -0.142. The van der Waals surface area contributed by atoms with E-state index in [4.69, 9.17) is 5.11 Å². The van der Waals surface area contributed by atoms with Crippen LogP contribution in [-0.4, -0.2) is 76.4 Å². The molecular formula is C20H21F2N3O7. The summed E-state index contributed by atoms with van der Waals surface area (Å²) < 4.78 is 28.0. The van der Waals surface area contributed by atoms with Crippen molar-refractivity contribution >= 4 is 35.8 Å². The molecule has 1 heterocycles. The average Bonchev–Trinajstić information content (AvgIpc) is 3.07. The molecule has 1 aromatic carbocycles. The number of carbonyl (C=O) groups is 6. The summed E-state index contributed by atoms with van der Waals surface area (Å²) in [6.45, 7) is 0.0457. The predicted molar refractivity (Wildman–Crippen MR) is 104 cm³/mol. The molecule has 3 unspecified atom stereocenters. The number of Topliss-reactive ketones (excluding diaryl/α,β-unsaturated/α-hetero) is 1. The maximum absolute atomic E-state index is 14.0. The second-order valence-corrected chi connectivity index (χ2v) is 7.28. The Morgan fingerprint density at radius 1 is 1.19 bits per heavy atom. The molecule has 2 rings (SSSR count). The Labute approximate surface area is 180 Å². The molecule has 3 atom stereocenters. The van der Waals surface area contributed by atoms with Gasteiger partial charge in [-0.25, -0.2) is 8.78 Å². The molecule has 1 aliphatic rings. The first-order chi connectivity index (χ1) is 14.9. The van der Waals surface area contributed by atoms with Gasteiger partial charge in [0.25, 0.3) is 11.8 Å². The van der Waals surface area contributed by atoms with Gasteiger partial charge in [0.15, 0.2) is 0 Å². The maximum atomic E-state index is 14.0. The first-order valence-electron chi connectivity index (χ1n) is 9.51. The number of rotatable bonds is 9. The van der Waals surface area contributed by atoms with Crippen LogP contribution in [0.2, 0.25) is 0 Å². The summed E-state index contributed by atoms with van der Waals surface area (Å²) in [4.78, 5) is 71.6. The number of alkyl halides is 2. The summed E-state index contributed by atoms with van der Waals surface area (Å²) in [5.74, 6) is -9.07. The van der Waals surface area contributed by atoms with Crippen molar-refractivity contribution in [2.75, 3.05) is 6.54 Å². The number of carboxylic acid groups (broad SMARTS) is 1. The highest BCUT2D eigenvalue weighted by Gasteiger charge is 2.51. The molecule has 0 radical (unpaired) electrons. The van der Waals surface area contributed by atoms with E-state index in [1.807, 2.05) is 5.32 Å². The smallest absolute Gasteiger partial charge is 0.305 e. The molecule has 0 saturated carbocycles. The van der Waals surface area contributed by atoms with E-state index in [0.717, 1.165) is 0 Å². The molecule has 3 amide bonds. The molecule has 10 nitrogen and oxygen atoms in total. The number of hydrogen-bond donors (Lipinski definition) is 3. The van der Waals surface area contributed by atoms with Crippen molar-refractivity contribution in [1.82, 2.24) is 15.5 Å². The van der Waals surface area contributed by atoms with E-state index in [0.29, 0.717) is 4.90 Å². The van der Waals surface area contributed by atoms with Crippen molar-refractivity contribution in [3.8, 4) is 0 Å². The van der Waals surface area contributed by atoms with Crippen LogP contribution in [0.3, 0.4) is 0 Å². The number of nitrogens with zero attached hydrogens (tertiary/aromatic N) is 1. The molecule has 1 saturated heterocycles. The van der Waals surface area contributed by atoms with Gasteiger partial charge in [-0.1, -0.05) is 30.3 Å². The summed E-state index contributed by atoms with van der Waals surface area (Å²) in [7, 11) is 0. The SMILES string of the molecule is CC(NC(=O)C(=O)c1ccccc1)C(=O)N1CC(F)(F)CC1C(=O)NC(C=O)CC(=O)O. The topological polar surface area (TPSA) is 150 Å². The molecule has 1 aliphatic heterocycles. The van der Waals surface area contributed by atoms with Gasteiger partial charge in [-0.05, 0) is 6.92 Å². The Balaban J connectivity index is 2.10. The number of likely N-dealkylation sites (tertiary alicyclic amines) is 1. The van der Waals surface area contributed by atoms with Gasteiger partial charge < -0.3 is 25.4 Å². The van der Waals surface area contributed by atoms with Crippen LogP contribution in [0.5, 0.6) is 0 Å². The lowest BCUT2D eigenvalue weighted by Gasteiger charge is -2.27. The van der Waals surface area contributed by atoms with Gasteiger partial charge in [-0.15, -0.1) is 0 Å². The first-order valence-corrected chi connectivity index (χ1v) is 9.51. The van der Waals surface area contributed by atoms with Gasteiger partial charge in [0.1, 0.15) is 18.4 Å². The van der Waals surface area contributed by atoms with Crippen LogP contribution in [0.15, 0.2) is 30.3 Å². The molecular weight excluding hydrogens is 432 g/mol. The Morgan fingerprint density at radius 2 is 1.81 bits per heavy atom. The molecule has 0 aromatic heterocycles. The van der Waals surface area contributed by atoms with Gasteiger partial charge >= 0.3 is 5.97 Å². The highest BCUT2D eigenvalue weighted by Crippen LogP contribution is 2.32. The number of amides is 3. The van der Waals surface area contributed by atoms with Gasteiger partial charge in [-0.2, -0.15) is 0 Å². The minimum atomic E-state index is -3.43. The van der Waals surface area contributed by atoms with E-state index < -0.39 is 72.9 Å². The number of carboxylic acids is 1. The number of benzene rings is 1. The second-order valence-electron chi connectivity index (χ2n) is 7.28. The van der Waals surface area contributed by atoms with Gasteiger partial charge in [0, 0.05) is 12.0 Å². The Morgan fingerprint density at radius 3 is 2.38 bits per heavy atom. The number of nitrogens with one attached hydrogen (secondary N) is 2. The lowest BCUT2D eigenvalue weighted by atomic mass is 10.1. The monoisotopic (exact) mass is 453 g/mol. The third kappa shape index (κ3) is 6.15. The summed E-state index contributed by atoms with van der Waals surface area (Å²) in [5.41, 5.74) is 0.0629. The van der Waals surface area contributed by atoms with E-state index in [2.05, 4.69) is 5.32 Å². The van der Waals surface area contributed by atoms with E-state index in [-0.39, 0.29) is 11.8 Å². The Bertz CT molecular complexity index is 923. The van der Waals surface area contributed by atoms with Crippen LogP contribution in [0, 0.1) is 0 Å². The number of hydrogen-bond acceptors (Lipinski definition) is 6. The highest BCUT2D eigenvalue weighted by molar-refractivity contribution is 6.43. The van der Waals surface area contributed by atoms with Crippen molar-refractivity contribution < 1.29 is 42.7 Å². The minimum absolute atomic E-state index is 0.0629. The molecule has 32 heavy (non-hydrogen) atoms. The highest BCUT2D eigenvalue weighted by atomic mass is 19.3. The third-order valence-electron chi connectivity index (χ3n) is 4.70. The van der Waals surface area contributed by atoms with Gasteiger partial charge in [-0.3, -0.25) is 24.0 Å². The minimum Gasteiger partial charge on any atom is -0.481 e. The van der Waals surface area contributed by atoms with E-state index in [1.165, 1.54) is 31.2 Å². The summed E-state index contributed by atoms with van der Waals surface area (Å²) in [6, 6.07) is 2.88. The fourth-order valence-corrected chi connectivity index (χ4v) is 3.18. The van der Waals surface area contributed by atoms with Gasteiger partial charge in [0.05, 0.1) is 19.0 Å². The number of aldehydes is 1. The average molecular weight is 453 g/mol. The molecule has 172 valence electrons. The number of halogens is 2. The summed E-state index contributed by atoms with van der Waals surface area (Å²) >= 11 is 0. The normalized spacial score (nSPS) is 18.8. The van der Waals surface area contributed by atoms with Crippen LogP contribution in [0.25, 0.3) is 0 Å². The van der Waals surface area contributed by atoms with Crippen molar-refractivity contribution in [3.05, 3.63) is 35.9 Å². The Kier molecular flexibility index (Phi) is 7.73. The molecule has 12 heteroatoms. The molecule has 0 bridgehead atoms. The third-order valence-corrected chi connectivity index (χ3v) is 4.70. The molecule has 1 fully saturated rings. The second kappa shape index (κ2) is 10.1. The molecule has 3 N–H and O–H groups in total. The van der Waals surface area contributed by atoms with Crippen molar-refractivity contribution in [3.63, 3.8) is 0 Å². The predicted octanol–water partition coefficient (Wildman–Crippen LogP) is -0.231. The van der Waals surface area contributed by atoms with Crippen LogP contribution in [0.4, 0.5) is 8.78 Å². The largest absolute Gasteiger partial charge is 0.481 e. The molecule has 0 aliphatic carbocycles. The van der Waals surface area contributed by atoms with E-state index in [9.17, 15) is 37.5 Å². The number of ketones is 1. The van der Waals surface area contributed by atoms with Crippen LogP contribution in [0.1, 0.15) is 30.1 Å². The Hall–Kier alpha value is -3.70. The van der Waals surface area contributed by atoms with Crippen molar-refractivity contribution in [1.29, 1.82) is 0 Å². The van der Waals surface area contributed by atoms with Crippen LogP contribution >= 0.6 is 0 Å². The molecule has 1 aromatic rings. The maximum Gasteiger partial charge on any atom is 0.305 e. The quantitative estimate of drug-likeness (QED) is 0.266. The lowest BCUT2D eigenvalue weighted by Crippen LogP contribution is -2.54. The zero-order valence-electron chi connectivity index (χ0n) is 16.9. The van der Waals surface area contributed by atoms with Crippen LogP contribution in [-0.2, 0) is 24.0 Å². The van der Waals surface area contributed by atoms with E-state index in [1.54, 1.807) is 6.07 Å². The summed E-state index contributed by atoms with van der Waals surface area (Å²) in [5, 5.41) is 12.9. The fraction of sp³-hybridized carbons (Fsp3) is 0.400. The zero-order chi connectivity index (χ0) is 24.1. The van der Waals surface area contributed by atoms with Gasteiger partial charge in [0.2, 0.25) is 17.6 Å². The zero-order valence-corrected chi connectivity index (χ0v) is 16.9. The standard InChI is InChI=1S/C20H21F2N3O7/c1-11(23-18(31)16(29)12-5-3-2-4-6-12)19(32)25-10-20(21,22)8-14(25)17(30)24-13(9-26)7-15(27)28/h2-6,9,11,13-14H,7-8,10H2,1H3,(H,23,31)(H,24,30)(H,27,28). The first kappa shape index (κ1) is 24.6. The number of aliphatic carboxylic acids is 1. The number of carbonyl (C=O) groups excluding carboxylic acids is 5. The van der Waals surface area contributed by atoms with Crippen molar-refractivity contribution in [2.45, 2.75) is 43.8 Å². The van der Waals surface area contributed by atoms with E-state index >= 15 is 0 Å². The summed E-state index contributed by atoms with van der Waals surface area (Å²) in [6.07, 6.45) is -1.67.